The van der Waals surface area contributed by atoms with Gasteiger partial charge in [-0.15, -0.1) is 0 Å². The van der Waals surface area contributed by atoms with Crippen LogP contribution in [0.4, 0.5) is 5.69 Å². The van der Waals surface area contributed by atoms with E-state index in [4.69, 9.17) is 12.2 Å². The third-order valence-electron chi connectivity index (χ3n) is 2.40. The van der Waals surface area contributed by atoms with Crippen LogP contribution in [0.2, 0.25) is 0 Å². The SMILES string of the molecule is CCCNC(=S)Nc1ccc2ncccc2c1. The van der Waals surface area contributed by atoms with Crippen LogP contribution in [0.15, 0.2) is 36.5 Å². The maximum absolute atomic E-state index is 5.19. The molecule has 0 radical (unpaired) electrons. The van der Waals surface area contributed by atoms with Crippen molar-refractivity contribution in [1.29, 1.82) is 0 Å². The molecule has 0 saturated heterocycles. The lowest BCUT2D eigenvalue weighted by Gasteiger charge is -2.10. The smallest absolute Gasteiger partial charge is 0.170 e. The van der Waals surface area contributed by atoms with Gasteiger partial charge in [0.1, 0.15) is 0 Å². The number of pyridine rings is 1. The first-order chi connectivity index (χ1) is 8.29. The Hall–Kier alpha value is -1.68. The van der Waals surface area contributed by atoms with Crippen LogP contribution in [0.1, 0.15) is 13.3 Å². The molecule has 0 bridgehead atoms. The maximum Gasteiger partial charge on any atom is 0.170 e. The van der Waals surface area contributed by atoms with Crippen LogP contribution in [0, 0.1) is 0 Å². The van der Waals surface area contributed by atoms with Crippen LogP contribution >= 0.6 is 12.2 Å². The molecule has 88 valence electrons. The summed E-state index contributed by atoms with van der Waals surface area (Å²) in [5, 5.41) is 8.06. The zero-order valence-corrected chi connectivity index (χ0v) is 10.6. The third-order valence-corrected chi connectivity index (χ3v) is 2.64. The number of nitrogens with one attached hydrogen (secondary N) is 2. The molecule has 17 heavy (non-hydrogen) atoms. The van der Waals surface area contributed by atoms with E-state index in [0.29, 0.717) is 5.11 Å². The summed E-state index contributed by atoms with van der Waals surface area (Å²) >= 11 is 5.19. The Morgan fingerprint density at radius 2 is 2.24 bits per heavy atom. The molecule has 1 aromatic carbocycles. The minimum Gasteiger partial charge on any atom is -0.362 e. The number of rotatable bonds is 3. The molecule has 0 atom stereocenters. The van der Waals surface area contributed by atoms with Gasteiger partial charge in [0.25, 0.3) is 0 Å². The lowest BCUT2D eigenvalue weighted by Crippen LogP contribution is -2.28. The topological polar surface area (TPSA) is 37.0 Å². The number of anilines is 1. The molecule has 3 nitrogen and oxygen atoms in total. The Balaban J connectivity index is 2.11. The molecule has 2 rings (SSSR count). The third kappa shape index (κ3) is 3.14. The van der Waals surface area contributed by atoms with Gasteiger partial charge in [-0.05, 0) is 42.9 Å². The van der Waals surface area contributed by atoms with Gasteiger partial charge < -0.3 is 10.6 Å². The lowest BCUT2D eigenvalue weighted by molar-refractivity contribution is 0.846. The molecule has 0 spiro atoms. The van der Waals surface area contributed by atoms with E-state index in [9.17, 15) is 0 Å². The van der Waals surface area contributed by atoms with Gasteiger partial charge in [0, 0.05) is 23.8 Å². The molecule has 4 heteroatoms. The highest BCUT2D eigenvalue weighted by Gasteiger charge is 1.98. The molecule has 0 aliphatic heterocycles. The van der Waals surface area contributed by atoms with E-state index in [1.165, 1.54) is 0 Å². The fourth-order valence-electron chi connectivity index (χ4n) is 1.57. The Labute approximate surface area is 106 Å². The van der Waals surface area contributed by atoms with Crippen molar-refractivity contribution >= 4 is 33.9 Å². The van der Waals surface area contributed by atoms with Crippen LogP contribution in [0.5, 0.6) is 0 Å². The van der Waals surface area contributed by atoms with Gasteiger partial charge in [-0.2, -0.15) is 0 Å². The maximum atomic E-state index is 5.19. The summed E-state index contributed by atoms with van der Waals surface area (Å²) in [5.74, 6) is 0. The number of hydrogen-bond acceptors (Lipinski definition) is 2. The molecule has 2 aromatic rings. The quantitative estimate of drug-likeness (QED) is 0.815. The van der Waals surface area contributed by atoms with Gasteiger partial charge in [0.2, 0.25) is 0 Å². The minimum atomic E-state index is 0.662. The standard InChI is InChI=1S/C13H15N3S/c1-2-7-15-13(17)16-11-5-6-12-10(9-11)4-3-8-14-12/h3-6,8-9H,2,7H2,1H3,(H2,15,16,17). The van der Waals surface area contributed by atoms with Crippen molar-refractivity contribution in [2.45, 2.75) is 13.3 Å². The van der Waals surface area contributed by atoms with Gasteiger partial charge in [0.05, 0.1) is 5.52 Å². The van der Waals surface area contributed by atoms with Crippen molar-refractivity contribution in [3.05, 3.63) is 36.5 Å². The Morgan fingerprint density at radius 3 is 3.06 bits per heavy atom. The zero-order chi connectivity index (χ0) is 12.1. The van der Waals surface area contributed by atoms with E-state index in [0.717, 1.165) is 29.6 Å². The second-order valence-electron chi connectivity index (χ2n) is 3.79. The Bertz CT molecular complexity index is 525. The zero-order valence-electron chi connectivity index (χ0n) is 9.73. The molecule has 1 heterocycles. The highest BCUT2D eigenvalue weighted by atomic mass is 32.1. The van der Waals surface area contributed by atoms with E-state index >= 15 is 0 Å². The van der Waals surface area contributed by atoms with Crippen LogP contribution in [-0.2, 0) is 0 Å². The summed E-state index contributed by atoms with van der Waals surface area (Å²) in [5.41, 5.74) is 1.98. The van der Waals surface area contributed by atoms with Gasteiger partial charge in [-0.1, -0.05) is 13.0 Å². The van der Waals surface area contributed by atoms with Crippen molar-refractivity contribution in [3.63, 3.8) is 0 Å². The molecular weight excluding hydrogens is 230 g/mol. The minimum absolute atomic E-state index is 0.662. The predicted octanol–water partition coefficient (Wildman–Crippen LogP) is 2.93. The monoisotopic (exact) mass is 245 g/mol. The number of nitrogens with zero attached hydrogens (tertiary/aromatic N) is 1. The summed E-state index contributed by atoms with van der Waals surface area (Å²) < 4.78 is 0. The van der Waals surface area contributed by atoms with Gasteiger partial charge in [-0.25, -0.2) is 0 Å². The molecule has 0 fully saturated rings. The van der Waals surface area contributed by atoms with Crippen molar-refractivity contribution < 1.29 is 0 Å². The molecular formula is C13H15N3S. The largest absolute Gasteiger partial charge is 0.362 e. The molecule has 0 aliphatic rings. The average Bonchev–Trinajstić information content (AvgIpc) is 2.36. The van der Waals surface area contributed by atoms with Crippen LogP contribution < -0.4 is 10.6 Å². The van der Waals surface area contributed by atoms with Crippen molar-refractivity contribution in [3.8, 4) is 0 Å². The lowest BCUT2D eigenvalue weighted by atomic mass is 10.2. The highest BCUT2D eigenvalue weighted by molar-refractivity contribution is 7.80. The molecule has 0 unspecified atom stereocenters. The Morgan fingerprint density at radius 1 is 1.35 bits per heavy atom. The van der Waals surface area contributed by atoms with Crippen LogP contribution in [0.3, 0.4) is 0 Å². The number of aromatic nitrogens is 1. The van der Waals surface area contributed by atoms with E-state index in [1.807, 2.05) is 30.3 Å². The number of hydrogen-bond donors (Lipinski definition) is 2. The number of benzene rings is 1. The fourth-order valence-corrected chi connectivity index (χ4v) is 1.79. The first-order valence-electron chi connectivity index (χ1n) is 5.69. The van der Waals surface area contributed by atoms with Crippen molar-refractivity contribution in [1.82, 2.24) is 10.3 Å². The van der Waals surface area contributed by atoms with Gasteiger partial charge >= 0.3 is 0 Å². The Kier molecular flexibility index (Phi) is 3.88. The van der Waals surface area contributed by atoms with E-state index in [1.54, 1.807) is 6.20 Å². The summed E-state index contributed by atoms with van der Waals surface area (Å²) in [6.45, 7) is 3.00. The normalized spacial score (nSPS) is 10.2. The molecule has 1 aromatic heterocycles. The van der Waals surface area contributed by atoms with Gasteiger partial charge in [-0.3, -0.25) is 4.98 Å². The molecule has 2 N–H and O–H groups in total. The van der Waals surface area contributed by atoms with Gasteiger partial charge in [0.15, 0.2) is 5.11 Å². The van der Waals surface area contributed by atoms with Crippen molar-refractivity contribution in [2.24, 2.45) is 0 Å². The van der Waals surface area contributed by atoms with E-state index in [2.05, 4.69) is 22.5 Å². The summed E-state index contributed by atoms with van der Waals surface area (Å²) in [7, 11) is 0. The second-order valence-corrected chi connectivity index (χ2v) is 4.20. The fraction of sp³-hybridized carbons (Fsp3) is 0.231. The van der Waals surface area contributed by atoms with Crippen LogP contribution in [-0.4, -0.2) is 16.6 Å². The second kappa shape index (κ2) is 5.59. The van der Waals surface area contributed by atoms with Crippen molar-refractivity contribution in [2.75, 3.05) is 11.9 Å². The number of fused-ring (bicyclic) bond motifs is 1. The molecule has 0 aliphatic carbocycles. The summed E-state index contributed by atoms with van der Waals surface area (Å²) in [4.78, 5) is 4.27. The first-order valence-corrected chi connectivity index (χ1v) is 6.10. The van der Waals surface area contributed by atoms with E-state index < -0.39 is 0 Å². The first kappa shape index (κ1) is 11.8. The van der Waals surface area contributed by atoms with Crippen LogP contribution in [0.25, 0.3) is 10.9 Å². The summed E-state index contributed by atoms with van der Waals surface area (Å²) in [6, 6.07) is 9.98. The van der Waals surface area contributed by atoms with E-state index in [-0.39, 0.29) is 0 Å². The summed E-state index contributed by atoms with van der Waals surface area (Å²) in [6.07, 6.45) is 2.85. The average molecular weight is 245 g/mol. The number of thiocarbonyl (C=S) groups is 1. The predicted molar refractivity (Wildman–Crippen MR) is 76.3 cm³/mol. The molecule has 0 amide bonds. The molecule has 0 saturated carbocycles. The highest BCUT2D eigenvalue weighted by Crippen LogP contribution is 2.16.